The van der Waals surface area contributed by atoms with E-state index >= 15 is 0 Å². The summed E-state index contributed by atoms with van der Waals surface area (Å²) in [5, 5.41) is 1.02. The van der Waals surface area contributed by atoms with Crippen molar-refractivity contribution < 1.29 is 4.79 Å². The van der Waals surface area contributed by atoms with Crippen LogP contribution in [0.5, 0.6) is 0 Å². The highest BCUT2D eigenvalue weighted by atomic mass is 79.9. The van der Waals surface area contributed by atoms with Crippen LogP contribution >= 0.6 is 50.9 Å². The van der Waals surface area contributed by atoms with E-state index in [0.717, 1.165) is 9.37 Å². The fourth-order valence-electron chi connectivity index (χ4n) is 1.43. The molecule has 5 heteroatoms. The first-order valence-corrected chi connectivity index (χ1v) is 7.96. The molecule has 1 nitrogen and oxygen atoms in total. The standard InChI is InChI=1S/C14H9BrCl2OS/c15-10-3-1-9(2-4-10)14(18)8-19-11-5-6-12(16)13(17)7-11/h1-7H,8H2. The van der Waals surface area contributed by atoms with E-state index in [-0.39, 0.29) is 5.78 Å². The fourth-order valence-corrected chi connectivity index (χ4v) is 2.89. The number of thioether (sulfide) groups is 1. The van der Waals surface area contributed by atoms with Gasteiger partial charge < -0.3 is 0 Å². The van der Waals surface area contributed by atoms with Gasteiger partial charge in [-0.15, -0.1) is 11.8 Å². The number of benzene rings is 2. The highest BCUT2D eigenvalue weighted by Gasteiger charge is 2.07. The van der Waals surface area contributed by atoms with Gasteiger partial charge in [-0.1, -0.05) is 51.3 Å². The molecule has 19 heavy (non-hydrogen) atoms. The van der Waals surface area contributed by atoms with E-state index in [4.69, 9.17) is 23.2 Å². The predicted octanol–water partition coefficient (Wildman–Crippen LogP) is 5.73. The van der Waals surface area contributed by atoms with E-state index in [1.807, 2.05) is 30.3 Å². The van der Waals surface area contributed by atoms with Crippen molar-refractivity contribution in [1.82, 2.24) is 0 Å². The highest BCUT2D eigenvalue weighted by molar-refractivity contribution is 9.10. The summed E-state index contributed by atoms with van der Waals surface area (Å²) in [5.41, 5.74) is 0.704. The molecule has 0 unspecified atom stereocenters. The minimum atomic E-state index is 0.0866. The Morgan fingerprint density at radius 2 is 1.74 bits per heavy atom. The van der Waals surface area contributed by atoms with Crippen molar-refractivity contribution in [3.63, 3.8) is 0 Å². The Labute approximate surface area is 134 Å². The second kappa shape index (κ2) is 6.80. The van der Waals surface area contributed by atoms with Gasteiger partial charge in [-0.3, -0.25) is 4.79 Å². The predicted molar refractivity (Wildman–Crippen MR) is 85.7 cm³/mol. The number of hydrogen-bond acceptors (Lipinski definition) is 2. The summed E-state index contributed by atoms with van der Waals surface area (Å²) in [7, 11) is 0. The van der Waals surface area contributed by atoms with Gasteiger partial charge in [0.05, 0.1) is 15.8 Å². The SMILES string of the molecule is O=C(CSc1ccc(Cl)c(Cl)c1)c1ccc(Br)cc1. The van der Waals surface area contributed by atoms with Crippen LogP contribution in [0.3, 0.4) is 0 Å². The summed E-state index contributed by atoms with van der Waals surface area (Å²) < 4.78 is 0.959. The van der Waals surface area contributed by atoms with Gasteiger partial charge >= 0.3 is 0 Å². The zero-order chi connectivity index (χ0) is 13.8. The Kier molecular flexibility index (Phi) is 5.34. The van der Waals surface area contributed by atoms with Gasteiger partial charge in [0.2, 0.25) is 0 Å². The first kappa shape index (κ1) is 14.9. The second-order valence-electron chi connectivity index (χ2n) is 3.79. The van der Waals surface area contributed by atoms with E-state index in [2.05, 4.69) is 15.9 Å². The number of carbonyl (C=O) groups is 1. The van der Waals surface area contributed by atoms with Crippen LogP contribution in [0.1, 0.15) is 10.4 Å². The summed E-state index contributed by atoms with van der Waals surface area (Å²) in [5.74, 6) is 0.461. The van der Waals surface area contributed by atoms with E-state index in [9.17, 15) is 4.79 Å². The Balaban J connectivity index is 2.00. The minimum Gasteiger partial charge on any atom is -0.293 e. The fraction of sp³-hybridized carbons (Fsp3) is 0.0714. The highest BCUT2D eigenvalue weighted by Crippen LogP contribution is 2.28. The molecule has 0 aromatic heterocycles. The second-order valence-corrected chi connectivity index (χ2v) is 6.57. The quantitative estimate of drug-likeness (QED) is 0.501. The average Bonchev–Trinajstić information content (AvgIpc) is 2.40. The molecule has 2 rings (SSSR count). The lowest BCUT2D eigenvalue weighted by Gasteiger charge is -2.03. The summed E-state index contributed by atoms with van der Waals surface area (Å²) in [6.45, 7) is 0. The van der Waals surface area contributed by atoms with Crippen molar-refractivity contribution >= 4 is 56.7 Å². The molecule has 0 bridgehead atoms. The average molecular weight is 376 g/mol. The molecule has 98 valence electrons. The van der Waals surface area contributed by atoms with Crippen LogP contribution in [0.25, 0.3) is 0 Å². The van der Waals surface area contributed by atoms with E-state index in [0.29, 0.717) is 21.4 Å². The van der Waals surface area contributed by atoms with Crippen LogP contribution in [-0.2, 0) is 0 Å². The molecule has 0 radical (unpaired) electrons. The number of Topliss-reactive ketones (excluding diaryl/α,β-unsaturated/α-hetero) is 1. The summed E-state index contributed by atoms with van der Waals surface area (Å²) in [6, 6.07) is 12.7. The number of rotatable bonds is 4. The van der Waals surface area contributed by atoms with Crippen LogP contribution in [-0.4, -0.2) is 11.5 Å². The zero-order valence-corrected chi connectivity index (χ0v) is 13.6. The Morgan fingerprint density at radius 3 is 2.37 bits per heavy atom. The van der Waals surface area contributed by atoms with Crippen LogP contribution in [0.15, 0.2) is 51.8 Å². The number of carbonyl (C=O) groups excluding carboxylic acids is 1. The van der Waals surface area contributed by atoms with Crippen molar-refractivity contribution in [3.8, 4) is 0 Å². The van der Waals surface area contributed by atoms with Crippen molar-refractivity contribution in [3.05, 3.63) is 62.5 Å². The smallest absolute Gasteiger partial charge is 0.173 e. The number of ketones is 1. The number of hydrogen-bond donors (Lipinski definition) is 0. The Morgan fingerprint density at radius 1 is 1.05 bits per heavy atom. The van der Waals surface area contributed by atoms with Crippen LogP contribution in [0, 0.1) is 0 Å². The van der Waals surface area contributed by atoms with Gasteiger partial charge in [0.25, 0.3) is 0 Å². The molecular formula is C14H9BrCl2OS. The molecule has 0 saturated carbocycles. The third-order valence-corrected chi connectivity index (χ3v) is 4.69. The lowest BCUT2D eigenvalue weighted by molar-refractivity contribution is 0.102. The van der Waals surface area contributed by atoms with E-state index in [1.165, 1.54) is 11.8 Å². The van der Waals surface area contributed by atoms with Crippen molar-refractivity contribution in [2.45, 2.75) is 4.90 Å². The first-order valence-electron chi connectivity index (χ1n) is 5.43. The van der Waals surface area contributed by atoms with Crippen LogP contribution in [0.4, 0.5) is 0 Å². The van der Waals surface area contributed by atoms with Gasteiger partial charge in [0.1, 0.15) is 0 Å². The molecule has 0 spiro atoms. The van der Waals surface area contributed by atoms with Crippen LogP contribution in [0.2, 0.25) is 10.0 Å². The van der Waals surface area contributed by atoms with Gasteiger partial charge in [-0.2, -0.15) is 0 Å². The molecule has 0 N–H and O–H groups in total. The van der Waals surface area contributed by atoms with Crippen molar-refractivity contribution in [2.75, 3.05) is 5.75 Å². The maximum absolute atomic E-state index is 12.0. The molecule has 0 saturated heterocycles. The molecule has 0 aliphatic heterocycles. The van der Waals surface area contributed by atoms with E-state index in [1.54, 1.807) is 12.1 Å². The minimum absolute atomic E-state index is 0.0866. The van der Waals surface area contributed by atoms with Crippen LogP contribution < -0.4 is 0 Å². The van der Waals surface area contributed by atoms with Crippen molar-refractivity contribution in [2.24, 2.45) is 0 Å². The maximum atomic E-state index is 12.0. The zero-order valence-electron chi connectivity index (χ0n) is 9.70. The first-order chi connectivity index (χ1) is 9.06. The normalized spacial score (nSPS) is 10.5. The van der Waals surface area contributed by atoms with Gasteiger partial charge in [0.15, 0.2) is 5.78 Å². The summed E-state index contributed by atoms with van der Waals surface area (Å²) in [4.78, 5) is 12.9. The molecule has 0 atom stereocenters. The molecule has 2 aromatic carbocycles. The van der Waals surface area contributed by atoms with Gasteiger partial charge in [-0.25, -0.2) is 0 Å². The Bertz CT molecular complexity index is 599. The van der Waals surface area contributed by atoms with Crippen molar-refractivity contribution in [1.29, 1.82) is 0 Å². The molecule has 0 aliphatic rings. The lowest BCUT2D eigenvalue weighted by Crippen LogP contribution is -2.01. The molecule has 0 heterocycles. The maximum Gasteiger partial charge on any atom is 0.173 e. The third-order valence-electron chi connectivity index (χ3n) is 2.43. The van der Waals surface area contributed by atoms with Gasteiger partial charge in [-0.05, 0) is 30.3 Å². The molecule has 0 aliphatic carbocycles. The summed E-state index contributed by atoms with van der Waals surface area (Å²) in [6.07, 6.45) is 0. The van der Waals surface area contributed by atoms with Gasteiger partial charge in [0, 0.05) is 14.9 Å². The third kappa shape index (κ3) is 4.25. The largest absolute Gasteiger partial charge is 0.293 e. The molecule has 2 aromatic rings. The molecule has 0 fully saturated rings. The monoisotopic (exact) mass is 374 g/mol. The summed E-state index contributed by atoms with van der Waals surface area (Å²) >= 11 is 16.6. The Hall–Kier alpha value is -0.480. The number of halogens is 3. The molecular weight excluding hydrogens is 367 g/mol. The lowest BCUT2D eigenvalue weighted by atomic mass is 10.2. The molecule has 0 amide bonds. The van der Waals surface area contributed by atoms with E-state index < -0.39 is 0 Å². The topological polar surface area (TPSA) is 17.1 Å².